The Labute approximate surface area is 154 Å². The Morgan fingerprint density at radius 3 is 2.40 bits per heavy atom. The minimum absolute atomic E-state index is 1.03. The van der Waals surface area contributed by atoms with Crippen molar-refractivity contribution < 1.29 is 0 Å². The van der Waals surface area contributed by atoms with E-state index in [9.17, 15) is 0 Å². The number of likely N-dealkylation sites (tertiary alicyclic amines) is 1. The third-order valence-electron chi connectivity index (χ3n) is 5.29. The maximum Gasteiger partial charge on any atom is 0.0483 e. The van der Waals surface area contributed by atoms with Crippen LogP contribution in [0.3, 0.4) is 0 Å². The van der Waals surface area contributed by atoms with Crippen LogP contribution in [-0.4, -0.2) is 22.6 Å². The molecule has 3 aromatic rings. The van der Waals surface area contributed by atoms with Crippen LogP contribution in [0.25, 0.3) is 10.9 Å². The molecule has 3 heteroatoms. The maximum absolute atomic E-state index is 2.64. The van der Waals surface area contributed by atoms with Crippen LogP contribution in [-0.2, 0) is 19.3 Å². The molecule has 0 N–H and O–H groups in total. The molecule has 1 aromatic heterocycles. The lowest BCUT2D eigenvalue weighted by Gasteiger charge is -2.26. The van der Waals surface area contributed by atoms with Gasteiger partial charge < -0.3 is 4.57 Å². The van der Waals surface area contributed by atoms with Crippen molar-refractivity contribution in [1.29, 1.82) is 0 Å². The quantitative estimate of drug-likeness (QED) is 0.565. The standard InChI is InChI=1S/C22H26N2S/c1-23-21-13-7-6-12-19(21)20(16-24-14-8-3-9-15-24)22(23)17-25-18-10-4-2-5-11-18/h2,4-7,10-13H,3,8-9,14-17H2,1H3. The highest BCUT2D eigenvalue weighted by atomic mass is 32.2. The van der Waals surface area contributed by atoms with Gasteiger partial charge in [0.2, 0.25) is 0 Å². The second-order valence-electron chi connectivity index (χ2n) is 6.94. The van der Waals surface area contributed by atoms with Gasteiger partial charge in [0.1, 0.15) is 0 Å². The van der Waals surface area contributed by atoms with Gasteiger partial charge in [-0.25, -0.2) is 0 Å². The third kappa shape index (κ3) is 3.63. The maximum atomic E-state index is 2.64. The number of hydrogen-bond acceptors (Lipinski definition) is 2. The molecule has 4 rings (SSSR count). The summed E-state index contributed by atoms with van der Waals surface area (Å²) >= 11 is 1.94. The number of benzene rings is 2. The fraction of sp³-hybridized carbons (Fsp3) is 0.364. The van der Waals surface area contributed by atoms with Crippen molar-refractivity contribution in [1.82, 2.24) is 9.47 Å². The third-order valence-corrected chi connectivity index (χ3v) is 6.32. The number of thioether (sulfide) groups is 1. The zero-order valence-corrected chi connectivity index (χ0v) is 15.8. The normalized spacial score (nSPS) is 15.7. The molecule has 1 aliphatic rings. The number of piperidine rings is 1. The minimum atomic E-state index is 1.03. The van der Waals surface area contributed by atoms with Crippen molar-refractivity contribution in [3.8, 4) is 0 Å². The first-order chi connectivity index (χ1) is 12.3. The molecule has 0 aliphatic carbocycles. The van der Waals surface area contributed by atoms with E-state index in [4.69, 9.17) is 0 Å². The SMILES string of the molecule is Cn1c(CSc2ccccc2)c(CN2CCCCC2)c2ccccc21. The molecule has 0 unspecified atom stereocenters. The van der Waals surface area contributed by atoms with Gasteiger partial charge in [-0.2, -0.15) is 0 Å². The lowest BCUT2D eigenvalue weighted by Crippen LogP contribution is -2.29. The monoisotopic (exact) mass is 350 g/mol. The van der Waals surface area contributed by atoms with Gasteiger partial charge in [-0.05, 0) is 49.7 Å². The average Bonchev–Trinajstić information content (AvgIpc) is 2.94. The lowest BCUT2D eigenvalue weighted by molar-refractivity contribution is 0.221. The Hall–Kier alpha value is -1.71. The largest absolute Gasteiger partial charge is 0.347 e. The second-order valence-corrected chi connectivity index (χ2v) is 7.99. The Kier molecular flexibility index (Phi) is 5.14. The Morgan fingerprint density at radius 2 is 1.60 bits per heavy atom. The van der Waals surface area contributed by atoms with Gasteiger partial charge in [-0.1, -0.05) is 42.8 Å². The van der Waals surface area contributed by atoms with Crippen LogP contribution in [0.15, 0.2) is 59.5 Å². The highest BCUT2D eigenvalue weighted by Crippen LogP contribution is 2.32. The fourth-order valence-electron chi connectivity index (χ4n) is 3.89. The number of aromatic nitrogens is 1. The number of aryl methyl sites for hydroxylation is 1. The van der Waals surface area contributed by atoms with Gasteiger partial charge in [-0.15, -0.1) is 11.8 Å². The van der Waals surface area contributed by atoms with E-state index in [2.05, 4.69) is 71.1 Å². The second kappa shape index (κ2) is 7.67. The van der Waals surface area contributed by atoms with E-state index in [-0.39, 0.29) is 0 Å². The molecule has 0 amide bonds. The zero-order chi connectivity index (χ0) is 17.1. The summed E-state index contributed by atoms with van der Waals surface area (Å²) in [6.07, 6.45) is 4.08. The molecule has 0 radical (unpaired) electrons. The summed E-state index contributed by atoms with van der Waals surface area (Å²) in [5.41, 5.74) is 4.36. The van der Waals surface area contributed by atoms with Gasteiger partial charge in [0.25, 0.3) is 0 Å². The molecule has 2 nitrogen and oxygen atoms in total. The Balaban J connectivity index is 1.65. The summed E-state index contributed by atoms with van der Waals surface area (Å²) in [6.45, 7) is 3.58. The number of nitrogens with zero attached hydrogens (tertiary/aromatic N) is 2. The Morgan fingerprint density at radius 1 is 0.880 bits per heavy atom. The predicted octanol–water partition coefficient (Wildman–Crippen LogP) is 5.46. The predicted molar refractivity (Wildman–Crippen MR) is 108 cm³/mol. The van der Waals surface area contributed by atoms with Crippen LogP contribution >= 0.6 is 11.8 Å². The van der Waals surface area contributed by atoms with Gasteiger partial charge in [-0.3, -0.25) is 4.90 Å². The molecule has 2 heterocycles. The molecular weight excluding hydrogens is 324 g/mol. The smallest absolute Gasteiger partial charge is 0.0483 e. The number of rotatable bonds is 5. The molecule has 0 spiro atoms. The van der Waals surface area contributed by atoms with Gasteiger partial charge in [0.15, 0.2) is 0 Å². The van der Waals surface area contributed by atoms with E-state index in [1.807, 2.05) is 11.8 Å². The van der Waals surface area contributed by atoms with Crippen molar-refractivity contribution in [2.75, 3.05) is 13.1 Å². The first-order valence-electron chi connectivity index (χ1n) is 9.28. The van der Waals surface area contributed by atoms with Crippen LogP contribution in [0.2, 0.25) is 0 Å². The molecule has 130 valence electrons. The van der Waals surface area contributed by atoms with E-state index in [0.29, 0.717) is 0 Å². The highest BCUT2D eigenvalue weighted by Gasteiger charge is 2.19. The van der Waals surface area contributed by atoms with E-state index in [0.717, 1.165) is 12.3 Å². The zero-order valence-electron chi connectivity index (χ0n) is 14.9. The summed E-state index contributed by atoms with van der Waals surface area (Å²) in [5, 5.41) is 1.43. The molecule has 2 aromatic carbocycles. The van der Waals surface area contributed by atoms with Crippen LogP contribution in [0.4, 0.5) is 0 Å². The molecular formula is C22H26N2S. The molecule has 1 aliphatic heterocycles. The van der Waals surface area contributed by atoms with Crippen molar-refractivity contribution >= 4 is 22.7 Å². The number of hydrogen-bond donors (Lipinski definition) is 0. The topological polar surface area (TPSA) is 8.17 Å². The van der Waals surface area contributed by atoms with Crippen molar-refractivity contribution in [2.45, 2.75) is 36.5 Å². The van der Waals surface area contributed by atoms with E-state index >= 15 is 0 Å². The summed E-state index contributed by atoms with van der Waals surface area (Å²) in [4.78, 5) is 3.98. The molecule has 25 heavy (non-hydrogen) atoms. The van der Waals surface area contributed by atoms with Crippen molar-refractivity contribution in [3.05, 3.63) is 65.9 Å². The summed E-state index contributed by atoms with van der Waals surface area (Å²) in [5.74, 6) is 1.03. The van der Waals surface area contributed by atoms with Crippen LogP contribution < -0.4 is 0 Å². The summed E-state index contributed by atoms with van der Waals surface area (Å²) in [6, 6.07) is 19.6. The van der Waals surface area contributed by atoms with Crippen LogP contribution in [0, 0.1) is 0 Å². The van der Waals surface area contributed by atoms with E-state index in [1.54, 1.807) is 0 Å². The number of para-hydroxylation sites is 1. The molecule has 0 atom stereocenters. The van der Waals surface area contributed by atoms with Crippen LogP contribution in [0.5, 0.6) is 0 Å². The van der Waals surface area contributed by atoms with E-state index in [1.165, 1.54) is 59.4 Å². The summed E-state index contributed by atoms with van der Waals surface area (Å²) in [7, 11) is 2.23. The number of fused-ring (bicyclic) bond motifs is 1. The molecule has 1 fully saturated rings. The van der Waals surface area contributed by atoms with Gasteiger partial charge in [0, 0.05) is 40.8 Å². The lowest BCUT2D eigenvalue weighted by atomic mass is 10.1. The van der Waals surface area contributed by atoms with Gasteiger partial charge >= 0.3 is 0 Å². The molecule has 1 saturated heterocycles. The molecule has 0 bridgehead atoms. The Bertz CT molecular complexity index is 832. The fourth-order valence-corrected chi connectivity index (χ4v) is 4.92. The molecule has 0 saturated carbocycles. The first kappa shape index (κ1) is 16.7. The highest BCUT2D eigenvalue weighted by molar-refractivity contribution is 7.98. The van der Waals surface area contributed by atoms with Crippen LogP contribution in [0.1, 0.15) is 30.5 Å². The minimum Gasteiger partial charge on any atom is -0.347 e. The summed E-state index contributed by atoms with van der Waals surface area (Å²) < 4.78 is 2.41. The van der Waals surface area contributed by atoms with E-state index < -0.39 is 0 Å². The first-order valence-corrected chi connectivity index (χ1v) is 10.3. The van der Waals surface area contributed by atoms with Gasteiger partial charge in [0.05, 0.1) is 0 Å². The average molecular weight is 351 g/mol. The van der Waals surface area contributed by atoms with Crippen molar-refractivity contribution in [2.24, 2.45) is 7.05 Å². The van der Waals surface area contributed by atoms with Crippen molar-refractivity contribution in [3.63, 3.8) is 0 Å².